The molecule has 4 nitrogen and oxygen atoms in total. The van der Waals surface area contributed by atoms with Crippen molar-refractivity contribution >= 4 is 28.3 Å². The van der Waals surface area contributed by atoms with Gasteiger partial charge in [-0.25, -0.2) is 4.98 Å². The van der Waals surface area contributed by atoms with Crippen molar-refractivity contribution in [3.05, 3.63) is 59.1 Å². The minimum absolute atomic E-state index is 0.583. The summed E-state index contributed by atoms with van der Waals surface area (Å²) in [6.45, 7) is 4.08. The quantitative estimate of drug-likeness (QED) is 0.774. The highest BCUT2D eigenvalue weighted by atomic mass is 35.5. The highest BCUT2D eigenvalue weighted by Crippen LogP contribution is 2.36. The molecule has 0 amide bonds. The van der Waals surface area contributed by atoms with Gasteiger partial charge in [-0.2, -0.15) is 0 Å². The van der Waals surface area contributed by atoms with Crippen molar-refractivity contribution in [3.8, 4) is 11.1 Å². The van der Waals surface area contributed by atoms with E-state index in [0.717, 1.165) is 60.4 Å². The Morgan fingerprint density at radius 3 is 2.60 bits per heavy atom. The van der Waals surface area contributed by atoms with Crippen LogP contribution >= 0.6 is 11.6 Å². The van der Waals surface area contributed by atoms with Crippen molar-refractivity contribution in [2.45, 2.75) is 6.54 Å². The number of hydrogen-bond donors (Lipinski definition) is 1. The van der Waals surface area contributed by atoms with Crippen LogP contribution in [-0.2, 0) is 11.3 Å². The Bertz CT molecular complexity index is 892. The summed E-state index contributed by atoms with van der Waals surface area (Å²) < 4.78 is 5.46. The van der Waals surface area contributed by atoms with Gasteiger partial charge in [-0.3, -0.25) is 4.90 Å². The number of morpholine rings is 1. The molecule has 4 rings (SSSR count). The molecule has 0 spiro atoms. The average molecular weight is 354 g/mol. The van der Waals surface area contributed by atoms with E-state index in [1.807, 2.05) is 36.4 Å². The normalized spacial score (nSPS) is 15.6. The minimum Gasteiger partial charge on any atom is -0.383 e. The Kier molecular flexibility index (Phi) is 4.57. The smallest absolute Gasteiger partial charge is 0.129 e. The van der Waals surface area contributed by atoms with Crippen molar-refractivity contribution in [2.75, 3.05) is 32.0 Å². The van der Waals surface area contributed by atoms with E-state index in [2.05, 4.69) is 22.0 Å². The van der Waals surface area contributed by atoms with Gasteiger partial charge in [0.15, 0.2) is 0 Å². The first kappa shape index (κ1) is 16.3. The molecule has 5 heteroatoms. The number of aromatic nitrogens is 1. The van der Waals surface area contributed by atoms with Crippen molar-refractivity contribution in [3.63, 3.8) is 0 Å². The van der Waals surface area contributed by atoms with Gasteiger partial charge >= 0.3 is 0 Å². The number of nitrogens with zero attached hydrogens (tertiary/aromatic N) is 2. The fraction of sp³-hybridized carbons (Fsp3) is 0.250. The van der Waals surface area contributed by atoms with Gasteiger partial charge in [0.2, 0.25) is 0 Å². The number of nitrogens with two attached hydrogens (primary N) is 1. The first-order valence-corrected chi connectivity index (χ1v) is 8.83. The van der Waals surface area contributed by atoms with Crippen molar-refractivity contribution in [1.82, 2.24) is 9.88 Å². The molecular weight excluding hydrogens is 334 g/mol. The first-order chi connectivity index (χ1) is 12.2. The van der Waals surface area contributed by atoms with E-state index in [-0.39, 0.29) is 0 Å². The second-order valence-electron chi connectivity index (χ2n) is 6.27. The lowest BCUT2D eigenvalue weighted by Crippen LogP contribution is -2.36. The molecule has 1 aliphatic rings. The number of pyridine rings is 1. The van der Waals surface area contributed by atoms with Crippen LogP contribution in [0.3, 0.4) is 0 Å². The van der Waals surface area contributed by atoms with Gasteiger partial charge in [0.1, 0.15) is 5.82 Å². The lowest BCUT2D eigenvalue weighted by atomic mass is 9.95. The molecule has 2 aromatic carbocycles. The van der Waals surface area contributed by atoms with Crippen LogP contribution in [0.4, 0.5) is 5.82 Å². The zero-order valence-corrected chi connectivity index (χ0v) is 14.7. The van der Waals surface area contributed by atoms with Crippen LogP contribution in [0, 0.1) is 0 Å². The Hall–Kier alpha value is -2.14. The number of benzene rings is 2. The largest absolute Gasteiger partial charge is 0.383 e. The summed E-state index contributed by atoms with van der Waals surface area (Å²) in [6.07, 6.45) is 0. The number of fused-ring (bicyclic) bond motifs is 1. The molecule has 1 fully saturated rings. The SMILES string of the molecule is Nc1nc2ccc(Cl)cc2c(-c2ccccc2)c1CN1CCOCC1. The van der Waals surface area contributed by atoms with Crippen LogP contribution in [0.15, 0.2) is 48.5 Å². The van der Waals surface area contributed by atoms with Crippen LogP contribution in [0.2, 0.25) is 5.02 Å². The van der Waals surface area contributed by atoms with Gasteiger partial charge in [-0.05, 0) is 29.3 Å². The predicted molar refractivity (Wildman–Crippen MR) is 103 cm³/mol. The fourth-order valence-electron chi connectivity index (χ4n) is 3.37. The van der Waals surface area contributed by atoms with E-state index in [1.54, 1.807) is 0 Å². The molecule has 0 bridgehead atoms. The van der Waals surface area contributed by atoms with Gasteiger partial charge in [-0.15, -0.1) is 0 Å². The zero-order chi connectivity index (χ0) is 17.2. The molecular formula is C20H20ClN3O. The third-order valence-electron chi connectivity index (χ3n) is 4.63. The molecule has 1 aromatic heterocycles. The second-order valence-corrected chi connectivity index (χ2v) is 6.70. The highest BCUT2D eigenvalue weighted by Gasteiger charge is 2.19. The van der Waals surface area contributed by atoms with E-state index in [1.165, 1.54) is 0 Å². The number of hydrogen-bond acceptors (Lipinski definition) is 4. The van der Waals surface area contributed by atoms with E-state index in [9.17, 15) is 0 Å². The molecule has 0 aliphatic carbocycles. The summed E-state index contributed by atoms with van der Waals surface area (Å²) in [6, 6.07) is 16.1. The molecule has 25 heavy (non-hydrogen) atoms. The lowest BCUT2D eigenvalue weighted by Gasteiger charge is -2.28. The van der Waals surface area contributed by atoms with Crippen LogP contribution in [0.1, 0.15) is 5.56 Å². The molecule has 0 saturated carbocycles. The molecule has 2 heterocycles. The van der Waals surface area contributed by atoms with Crippen molar-refractivity contribution in [1.29, 1.82) is 0 Å². The van der Waals surface area contributed by atoms with E-state index in [4.69, 9.17) is 22.1 Å². The molecule has 0 radical (unpaired) electrons. The third-order valence-corrected chi connectivity index (χ3v) is 4.86. The molecule has 128 valence electrons. The number of rotatable bonds is 3. The summed E-state index contributed by atoms with van der Waals surface area (Å²) in [5.41, 5.74) is 10.6. The topological polar surface area (TPSA) is 51.4 Å². The molecule has 3 aromatic rings. The highest BCUT2D eigenvalue weighted by molar-refractivity contribution is 6.31. The third kappa shape index (κ3) is 3.33. The maximum absolute atomic E-state index is 6.38. The van der Waals surface area contributed by atoms with Crippen LogP contribution in [0.5, 0.6) is 0 Å². The summed E-state index contributed by atoms with van der Waals surface area (Å²) in [4.78, 5) is 6.99. The van der Waals surface area contributed by atoms with Gasteiger partial charge in [0.05, 0.1) is 18.7 Å². The van der Waals surface area contributed by atoms with Gasteiger partial charge in [-0.1, -0.05) is 41.9 Å². The van der Waals surface area contributed by atoms with E-state index < -0.39 is 0 Å². The number of nitrogen functional groups attached to an aromatic ring is 1. The summed E-state index contributed by atoms with van der Waals surface area (Å²) in [5, 5.41) is 1.74. The molecule has 0 atom stereocenters. The Morgan fingerprint density at radius 1 is 1.08 bits per heavy atom. The van der Waals surface area contributed by atoms with Crippen molar-refractivity contribution in [2.24, 2.45) is 0 Å². The van der Waals surface area contributed by atoms with Crippen molar-refractivity contribution < 1.29 is 4.74 Å². The fourth-order valence-corrected chi connectivity index (χ4v) is 3.54. The number of anilines is 1. The maximum Gasteiger partial charge on any atom is 0.129 e. The van der Waals surface area contributed by atoms with E-state index >= 15 is 0 Å². The van der Waals surface area contributed by atoms with Crippen LogP contribution in [-0.4, -0.2) is 36.2 Å². The van der Waals surface area contributed by atoms with Gasteiger partial charge in [0.25, 0.3) is 0 Å². The van der Waals surface area contributed by atoms with E-state index in [0.29, 0.717) is 10.8 Å². The maximum atomic E-state index is 6.38. The van der Waals surface area contributed by atoms with Gasteiger partial charge < -0.3 is 10.5 Å². The zero-order valence-electron chi connectivity index (χ0n) is 13.9. The molecule has 1 saturated heterocycles. The summed E-state index contributed by atoms with van der Waals surface area (Å²) in [7, 11) is 0. The van der Waals surface area contributed by atoms with Crippen LogP contribution < -0.4 is 5.73 Å². The minimum atomic E-state index is 0.583. The Morgan fingerprint density at radius 2 is 1.84 bits per heavy atom. The first-order valence-electron chi connectivity index (χ1n) is 8.45. The molecule has 1 aliphatic heterocycles. The standard InChI is InChI=1S/C20H20ClN3O/c21-15-6-7-18-16(12-15)19(14-4-2-1-3-5-14)17(20(22)23-18)13-24-8-10-25-11-9-24/h1-7,12H,8-11,13H2,(H2,22,23). The van der Waals surface area contributed by atoms with Gasteiger partial charge in [0, 0.05) is 35.6 Å². The Labute approximate surface area is 152 Å². The second kappa shape index (κ2) is 7.00. The summed E-state index contributed by atoms with van der Waals surface area (Å²) in [5.74, 6) is 0.583. The molecule has 2 N–H and O–H groups in total. The summed E-state index contributed by atoms with van der Waals surface area (Å²) >= 11 is 6.28. The Balaban J connectivity index is 1.91. The average Bonchev–Trinajstić information content (AvgIpc) is 2.64. The molecule has 0 unspecified atom stereocenters. The lowest BCUT2D eigenvalue weighted by molar-refractivity contribution is 0.0343. The number of halogens is 1. The monoisotopic (exact) mass is 353 g/mol. The number of ether oxygens (including phenoxy) is 1. The van der Waals surface area contributed by atoms with Crippen LogP contribution in [0.25, 0.3) is 22.0 Å². The predicted octanol–water partition coefficient (Wildman–Crippen LogP) is 3.97.